The Bertz CT molecular complexity index is 882. The molecule has 10 nitrogen and oxygen atoms in total. The quantitative estimate of drug-likeness (QED) is 0.663. The molecule has 0 spiro atoms. The van der Waals surface area contributed by atoms with E-state index in [0.29, 0.717) is 31.9 Å². The van der Waals surface area contributed by atoms with E-state index in [1.165, 1.54) is 10.6 Å². The zero-order valence-electron chi connectivity index (χ0n) is 17.1. The van der Waals surface area contributed by atoms with Crippen LogP contribution in [-0.2, 0) is 19.5 Å². The molecule has 1 unspecified atom stereocenters. The third kappa shape index (κ3) is 4.69. The highest BCUT2D eigenvalue weighted by Crippen LogP contribution is 2.30. The molecule has 0 aliphatic carbocycles. The van der Waals surface area contributed by atoms with Crippen molar-refractivity contribution in [3.05, 3.63) is 24.0 Å². The summed E-state index contributed by atoms with van der Waals surface area (Å²) < 4.78 is 42.7. The Labute approximate surface area is 176 Å². The van der Waals surface area contributed by atoms with Gasteiger partial charge in [-0.1, -0.05) is 0 Å². The van der Waals surface area contributed by atoms with Gasteiger partial charge in [0.2, 0.25) is 10.0 Å². The minimum Gasteiger partial charge on any atom is -0.483 e. The summed E-state index contributed by atoms with van der Waals surface area (Å²) in [7, 11) is -3.26. The number of fused-ring (bicyclic) bond motifs is 1. The van der Waals surface area contributed by atoms with Crippen molar-refractivity contribution in [2.45, 2.75) is 50.2 Å². The van der Waals surface area contributed by atoms with Crippen LogP contribution in [0.25, 0.3) is 0 Å². The fraction of sp³-hybridized carbons (Fsp3) is 0.684. The number of hydrogen-bond acceptors (Lipinski definition) is 7. The van der Waals surface area contributed by atoms with Gasteiger partial charge >= 0.3 is 6.03 Å². The number of aromatic nitrogens is 1. The lowest BCUT2D eigenvalue weighted by Gasteiger charge is -2.31. The number of ether oxygens (including phenoxy) is 3. The lowest BCUT2D eigenvalue weighted by atomic mass is 10.1. The second-order valence-corrected chi connectivity index (χ2v) is 10.0. The molecular formula is C19H28N4O6S. The first-order chi connectivity index (χ1) is 14.3. The number of nitrogens with one attached hydrogen (secondary N) is 2. The van der Waals surface area contributed by atoms with Crippen molar-refractivity contribution in [2.24, 2.45) is 0 Å². The number of sulfonamides is 1. The number of urea groups is 1. The molecule has 2 amide bonds. The number of carbonyl (C=O) groups is 1. The van der Waals surface area contributed by atoms with E-state index in [9.17, 15) is 13.2 Å². The van der Waals surface area contributed by atoms with E-state index in [1.54, 1.807) is 6.20 Å². The Hall–Kier alpha value is -1.95. The highest BCUT2D eigenvalue weighted by atomic mass is 32.2. The summed E-state index contributed by atoms with van der Waals surface area (Å²) in [5.74, 6) is 0.692. The maximum atomic E-state index is 12.5. The largest absolute Gasteiger partial charge is 0.483 e. The molecule has 3 aliphatic rings. The first-order valence-electron chi connectivity index (χ1n) is 10.1. The number of nitrogens with zero attached hydrogens (tertiary/aromatic N) is 2. The number of pyridine rings is 1. The fourth-order valence-corrected chi connectivity index (χ4v) is 5.11. The molecule has 0 aromatic carbocycles. The molecule has 11 heteroatoms. The number of aryl methyl sites for hydroxylation is 1. The standard InChI is InChI=1S/C19H28N4O6S/c1-12-15(6-3-7-20-12)29-16-11-28-17-14(10-27-18(16)17)22-19(24)21-13-5-4-8-23(9-13)30(2,25)26/h3,6-7,13-14,16-18H,4-5,8-11H2,1-2H3,(H2,21,22,24)/t13?,14-,16-,17+,18+/m0/s1. The zero-order chi connectivity index (χ0) is 21.3. The van der Waals surface area contributed by atoms with E-state index in [0.717, 1.165) is 12.1 Å². The first kappa shape index (κ1) is 21.3. The highest BCUT2D eigenvalue weighted by Gasteiger charge is 2.49. The second-order valence-electron chi connectivity index (χ2n) is 8.02. The number of amides is 2. The van der Waals surface area contributed by atoms with E-state index >= 15 is 0 Å². The molecule has 2 N–H and O–H groups in total. The fourth-order valence-electron chi connectivity index (χ4n) is 4.20. The van der Waals surface area contributed by atoms with Gasteiger partial charge in [0.15, 0.2) is 6.10 Å². The monoisotopic (exact) mass is 440 g/mol. The van der Waals surface area contributed by atoms with Crippen molar-refractivity contribution in [3.8, 4) is 5.75 Å². The molecule has 3 fully saturated rings. The van der Waals surface area contributed by atoms with Crippen LogP contribution in [0, 0.1) is 6.92 Å². The summed E-state index contributed by atoms with van der Waals surface area (Å²) in [6, 6.07) is 2.81. The average molecular weight is 441 g/mol. The highest BCUT2D eigenvalue weighted by molar-refractivity contribution is 7.88. The van der Waals surface area contributed by atoms with Gasteiger partial charge in [-0.2, -0.15) is 0 Å². The molecule has 3 aliphatic heterocycles. The van der Waals surface area contributed by atoms with Gasteiger partial charge < -0.3 is 24.8 Å². The van der Waals surface area contributed by atoms with Crippen LogP contribution in [0.15, 0.2) is 18.3 Å². The summed E-state index contributed by atoms with van der Waals surface area (Å²) in [5, 5.41) is 5.79. The van der Waals surface area contributed by atoms with E-state index in [4.69, 9.17) is 14.2 Å². The number of piperidine rings is 1. The number of hydrogen-bond donors (Lipinski definition) is 2. The van der Waals surface area contributed by atoms with Gasteiger partial charge in [-0.25, -0.2) is 17.5 Å². The lowest BCUT2D eigenvalue weighted by Crippen LogP contribution is -2.54. The minimum absolute atomic E-state index is 0.222. The zero-order valence-corrected chi connectivity index (χ0v) is 17.9. The van der Waals surface area contributed by atoms with Crippen LogP contribution in [0.5, 0.6) is 5.75 Å². The average Bonchev–Trinajstić information content (AvgIpc) is 3.27. The smallest absolute Gasteiger partial charge is 0.315 e. The maximum Gasteiger partial charge on any atom is 0.315 e. The van der Waals surface area contributed by atoms with Crippen molar-refractivity contribution < 1.29 is 27.4 Å². The van der Waals surface area contributed by atoms with Gasteiger partial charge in [-0.3, -0.25) is 4.98 Å². The van der Waals surface area contributed by atoms with Crippen molar-refractivity contribution in [2.75, 3.05) is 32.6 Å². The molecule has 30 heavy (non-hydrogen) atoms. The Morgan fingerprint density at radius 1 is 1.27 bits per heavy atom. The first-order valence-corrected chi connectivity index (χ1v) is 12.0. The van der Waals surface area contributed by atoms with Crippen molar-refractivity contribution in [3.63, 3.8) is 0 Å². The van der Waals surface area contributed by atoms with Crippen molar-refractivity contribution >= 4 is 16.1 Å². The van der Waals surface area contributed by atoms with Crippen LogP contribution < -0.4 is 15.4 Å². The SMILES string of the molecule is Cc1ncccc1O[C@H]1CO[C@H]2[C@@H]1OC[C@@H]2NC(=O)NC1CCCN(S(C)(=O)=O)C1. The molecular weight excluding hydrogens is 412 g/mol. The van der Waals surface area contributed by atoms with Gasteiger partial charge in [0.25, 0.3) is 0 Å². The Morgan fingerprint density at radius 2 is 2.07 bits per heavy atom. The molecule has 5 atom stereocenters. The third-order valence-corrected chi connectivity index (χ3v) is 7.02. The molecule has 0 radical (unpaired) electrons. The van der Waals surface area contributed by atoms with Gasteiger partial charge in [0.05, 0.1) is 31.2 Å². The third-order valence-electron chi connectivity index (χ3n) is 5.75. The van der Waals surface area contributed by atoms with Crippen LogP contribution >= 0.6 is 0 Å². The van der Waals surface area contributed by atoms with Crippen molar-refractivity contribution in [1.29, 1.82) is 0 Å². The van der Waals surface area contributed by atoms with E-state index in [2.05, 4.69) is 15.6 Å². The maximum absolute atomic E-state index is 12.5. The molecule has 1 aromatic heterocycles. The van der Waals surface area contributed by atoms with E-state index < -0.39 is 10.0 Å². The molecule has 4 heterocycles. The normalized spacial score (nSPS) is 31.9. The Kier molecular flexibility index (Phi) is 6.14. The van der Waals surface area contributed by atoms with Crippen LogP contribution in [0.1, 0.15) is 18.5 Å². The molecule has 166 valence electrons. The summed E-state index contributed by atoms with van der Waals surface area (Å²) in [4.78, 5) is 16.7. The molecule has 4 rings (SSSR count). The van der Waals surface area contributed by atoms with E-state index in [1.807, 2.05) is 19.1 Å². The minimum atomic E-state index is -3.26. The van der Waals surface area contributed by atoms with Crippen LogP contribution in [0.4, 0.5) is 4.79 Å². The second kappa shape index (κ2) is 8.66. The van der Waals surface area contributed by atoms with Crippen LogP contribution in [0.2, 0.25) is 0 Å². The summed E-state index contributed by atoms with van der Waals surface area (Å²) in [6.45, 7) is 3.36. The van der Waals surface area contributed by atoms with Gasteiger partial charge in [0.1, 0.15) is 18.0 Å². The topological polar surface area (TPSA) is 119 Å². The number of carbonyl (C=O) groups excluding carboxylic acids is 1. The van der Waals surface area contributed by atoms with Crippen LogP contribution in [-0.4, -0.2) is 86.7 Å². The van der Waals surface area contributed by atoms with Gasteiger partial charge in [-0.05, 0) is 31.9 Å². The van der Waals surface area contributed by atoms with E-state index in [-0.39, 0.29) is 43.0 Å². The predicted octanol–water partition coefficient (Wildman–Crippen LogP) is 0.0268. The summed E-state index contributed by atoms with van der Waals surface area (Å²) in [6.07, 6.45) is 3.52. The summed E-state index contributed by atoms with van der Waals surface area (Å²) >= 11 is 0. The lowest BCUT2D eigenvalue weighted by molar-refractivity contribution is 0.0299. The van der Waals surface area contributed by atoms with Gasteiger partial charge in [0, 0.05) is 25.3 Å². The summed E-state index contributed by atoms with van der Waals surface area (Å²) in [5.41, 5.74) is 0.795. The molecule has 1 aromatic rings. The number of rotatable bonds is 5. The molecule has 3 saturated heterocycles. The van der Waals surface area contributed by atoms with Crippen LogP contribution in [0.3, 0.4) is 0 Å². The molecule has 0 bridgehead atoms. The Balaban J connectivity index is 1.29. The Morgan fingerprint density at radius 3 is 2.83 bits per heavy atom. The predicted molar refractivity (Wildman–Crippen MR) is 108 cm³/mol. The van der Waals surface area contributed by atoms with Gasteiger partial charge in [-0.15, -0.1) is 0 Å². The van der Waals surface area contributed by atoms with Crippen molar-refractivity contribution in [1.82, 2.24) is 19.9 Å². The molecule has 0 saturated carbocycles.